The Bertz CT molecular complexity index is 675. The summed E-state index contributed by atoms with van der Waals surface area (Å²) >= 11 is 0. The lowest BCUT2D eigenvalue weighted by Gasteiger charge is -2.12. The van der Waals surface area contributed by atoms with E-state index in [4.69, 9.17) is 4.74 Å². The third kappa shape index (κ3) is 5.53. The lowest BCUT2D eigenvalue weighted by Crippen LogP contribution is -2.31. The molecule has 0 aliphatic heterocycles. The smallest absolute Gasteiger partial charge is 0.239 e. The summed E-state index contributed by atoms with van der Waals surface area (Å²) in [7, 11) is 0. The van der Waals surface area contributed by atoms with E-state index < -0.39 is 5.82 Å². The van der Waals surface area contributed by atoms with Crippen LogP contribution in [0.25, 0.3) is 0 Å². The van der Waals surface area contributed by atoms with Crippen LogP contribution in [0, 0.1) is 11.6 Å². The van der Waals surface area contributed by atoms with Gasteiger partial charge in [0.25, 0.3) is 0 Å². The Morgan fingerprint density at radius 2 is 1.79 bits per heavy atom. The number of halogens is 2. The van der Waals surface area contributed by atoms with Crippen molar-refractivity contribution >= 4 is 11.6 Å². The van der Waals surface area contributed by atoms with E-state index in [2.05, 4.69) is 10.6 Å². The number of carbonyl (C=O) groups is 1. The SMILES string of the molecule is CCOc1cc(F)ccc1NCC(=O)NCCc1ccc(F)cc1. The zero-order chi connectivity index (χ0) is 17.4. The van der Waals surface area contributed by atoms with Crippen LogP contribution in [0.4, 0.5) is 14.5 Å². The molecule has 0 saturated heterocycles. The minimum Gasteiger partial charge on any atom is -0.492 e. The van der Waals surface area contributed by atoms with Crippen molar-refractivity contribution in [2.45, 2.75) is 13.3 Å². The molecule has 0 unspecified atom stereocenters. The minimum atomic E-state index is -0.396. The van der Waals surface area contributed by atoms with E-state index in [1.807, 2.05) is 0 Å². The third-order valence-corrected chi connectivity index (χ3v) is 3.33. The van der Waals surface area contributed by atoms with Crippen LogP contribution in [-0.2, 0) is 11.2 Å². The van der Waals surface area contributed by atoms with E-state index in [-0.39, 0.29) is 18.3 Å². The average Bonchev–Trinajstić information content (AvgIpc) is 2.56. The number of carbonyl (C=O) groups excluding carboxylic acids is 1. The van der Waals surface area contributed by atoms with Crippen molar-refractivity contribution in [3.63, 3.8) is 0 Å². The molecule has 0 saturated carbocycles. The van der Waals surface area contributed by atoms with Crippen molar-refractivity contribution in [2.24, 2.45) is 0 Å². The molecule has 0 aliphatic carbocycles. The molecule has 0 aromatic heterocycles. The van der Waals surface area contributed by atoms with Gasteiger partial charge in [0.15, 0.2) is 0 Å². The number of nitrogens with one attached hydrogen (secondary N) is 2. The van der Waals surface area contributed by atoms with Crippen LogP contribution >= 0.6 is 0 Å². The predicted octanol–water partition coefficient (Wildman–Crippen LogP) is 3.13. The molecule has 4 nitrogen and oxygen atoms in total. The van der Waals surface area contributed by atoms with Gasteiger partial charge in [-0.05, 0) is 43.2 Å². The van der Waals surface area contributed by atoms with Gasteiger partial charge in [-0.3, -0.25) is 4.79 Å². The van der Waals surface area contributed by atoms with Crippen LogP contribution in [0.3, 0.4) is 0 Å². The van der Waals surface area contributed by atoms with Crippen LogP contribution in [0.2, 0.25) is 0 Å². The number of amides is 1. The first-order valence-electron chi connectivity index (χ1n) is 7.76. The Morgan fingerprint density at radius 1 is 1.08 bits per heavy atom. The highest BCUT2D eigenvalue weighted by Crippen LogP contribution is 2.25. The van der Waals surface area contributed by atoms with Crippen LogP contribution < -0.4 is 15.4 Å². The summed E-state index contributed by atoms with van der Waals surface area (Å²) in [6.45, 7) is 2.71. The predicted molar refractivity (Wildman–Crippen MR) is 89.2 cm³/mol. The van der Waals surface area contributed by atoms with E-state index in [0.29, 0.717) is 31.0 Å². The number of ether oxygens (including phenoxy) is 1. The monoisotopic (exact) mass is 334 g/mol. The van der Waals surface area contributed by atoms with Gasteiger partial charge in [-0.2, -0.15) is 0 Å². The molecule has 2 rings (SSSR count). The Hall–Kier alpha value is -2.63. The molecule has 0 aliphatic rings. The summed E-state index contributed by atoms with van der Waals surface area (Å²) in [6.07, 6.45) is 0.618. The van der Waals surface area contributed by atoms with E-state index in [1.165, 1.54) is 30.3 Å². The topological polar surface area (TPSA) is 50.4 Å². The molecule has 0 radical (unpaired) electrons. The number of benzene rings is 2. The summed E-state index contributed by atoms with van der Waals surface area (Å²) in [6, 6.07) is 10.3. The van der Waals surface area contributed by atoms with E-state index in [9.17, 15) is 13.6 Å². The Labute approximate surface area is 139 Å². The molecular weight excluding hydrogens is 314 g/mol. The first-order valence-corrected chi connectivity index (χ1v) is 7.76. The van der Waals surface area contributed by atoms with Crippen molar-refractivity contribution < 1.29 is 18.3 Å². The van der Waals surface area contributed by atoms with Gasteiger partial charge in [-0.1, -0.05) is 12.1 Å². The van der Waals surface area contributed by atoms with E-state index in [0.717, 1.165) is 5.56 Å². The summed E-state index contributed by atoms with van der Waals surface area (Å²) in [5.74, 6) is -0.496. The molecule has 0 heterocycles. The number of hydrogen-bond donors (Lipinski definition) is 2. The highest BCUT2D eigenvalue weighted by atomic mass is 19.1. The second-order valence-corrected chi connectivity index (χ2v) is 5.15. The second-order valence-electron chi connectivity index (χ2n) is 5.15. The summed E-state index contributed by atoms with van der Waals surface area (Å²) in [5.41, 5.74) is 1.51. The minimum absolute atomic E-state index is 0.0507. The quantitative estimate of drug-likeness (QED) is 0.780. The highest BCUT2D eigenvalue weighted by Gasteiger charge is 2.07. The summed E-state index contributed by atoms with van der Waals surface area (Å²) in [5, 5.41) is 5.70. The maximum atomic E-state index is 13.2. The molecule has 0 bridgehead atoms. The van der Waals surface area contributed by atoms with E-state index in [1.54, 1.807) is 19.1 Å². The zero-order valence-electron chi connectivity index (χ0n) is 13.4. The Balaban J connectivity index is 1.77. The normalized spacial score (nSPS) is 10.3. The maximum Gasteiger partial charge on any atom is 0.239 e. The van der Waals surface area contributed by atoms with Gasteiger partial charge >= 0.3 is 0 Å². The number of anilines is 1. The molecular formula is C18H20F2N2O2. The fraction of sp³-hybridized carbons (Fsp3) is 0.278. The van der Waals surface area contributed by atoms with Gasteiger partial charge in [0.05, 0.1) is 18.8 Å². The molecule has 0 spiro atoms. The summed E-state index contributed by atoms with van der Waals surface area (Å²) < 4.78 is 31.3. The lowest BCUT2D eigenvalue weighted by molar-refractivity contribution is -0.119. The first-order chi connectivity index (χ1) is 11.6. The fourth-order valence-electron chi connectivity index (χ4n) is 2.15. The Kier molecular flexibility index (Phi) is 6.54. The molecule has 1 amide bonds. The summed E-state index contributed by atoms with van der Waals surface area (Å²) in [4.78, 5) is 11.8. The third-order valence-electron chi connectivity index (χ3n) is 3.33. The van der Waals surface area contributed by atoms with Crippen molar-refractivity contribution in [1.29, 1.82) is 0 Å². The number of hydrogen-bond acceptors (Lipinski definition) is 3. The van der Waals surface area contributed by atoms with Crippen molar-refractivity contribution in [2.75, 3.05) is 25.0 Å². The lowest BCUT2D eigenvalue weighted by atomic mass is 10.1. The molecule has 2 aromatic carbocycles. The number of rotatable bonds is 8. The molecule has 6 heteroatoms. The molecule has 128 valence electrons. The van der Waals surface area contributed by atoms with Gasteiger partial charge < -0.3 is 15.4 Å². The van der Waals surface area contributed by atoms with E-state index >= 15 is 0 Å². The Morgan fingerprint density at radius 3 is 2.50 bits per heavy atom. The van der Waals surface area contributed by atoms with Crippen LogP contribution in [0.15, 0.2) is 42.5 Å². The van der Waals surface area contributed by atoms with Gasteiger partial charge in [0.1, 0.15) is 17.4 Å². The van der Waals surface area contributed by atoms with Crippen LogP contribution in [0.5, 0.6) is 5.75 Å². The largest absolute Gasteiger partial charge is 0.492 e. The maximum absolute atomic E-state index is 13.2. The van der Waals surface area contributed by atoms with Crippen molar-refractivity contribution in [3.8, 4) is 5.75 Å². The van der Waals surface area contributed by atoms with Crippen molar-refractivity contribution in [1.82, 2.24) is 5.32 Å². The molecule has 2 N–H and O–H groups in total. The van der Waals surface area contributed by atoms with Gasteiger partial charge in [-0.25, -0.2) is 8.78 Å². The molecule has 0 fully saturated rings. The fourth-order valence-corrected chi connectivity index (χ4v) is 2.15. The molecule has 2 aromatic rings. The second kappa shape index (κ2) is 8.86. The van der Waals surface area contributed by atoms with Gasteiger partial charge in [0.2, 0.25) is 5.91 Å². The average molecular weight is 334 g/mol. The van der Waals surface area contributed by atoms with Gasteiger partial charge in [-0.15, -0.1) is 0 Å². The molecule has 0 atom stereocenters. The zero-order valence-corrected chi connectivity index (χ0v) is 13.4. The highest BCUT2D eigenvalue weighted by molar-refractivity contribution is 5.81. The van der Waals surface area contributed by atoms with Gasteiger partial charge in [0, 0.05) is 12.6 Å². The molecule has 24 heavy (non-hydrogen) atoms. The standard InChI is InChI=1S/C18H20F2N2O2/c1-2-24-17-11-15(20)7-8-16(17)22-12-18(23)21-10-9-13-3-5-14(19)6-4-13/h3-8,11,22H,2,9-10,12H2,1H3,(H,21,23). The first kappa shape index (κ1) is 17.7. The van der Waals surface area contributed by atoms with Crippen molar-refractivity contribution in [3.05, 3.63) is 59.7 Å². The van der Waals surface area contributed by atoms with Crippen LogP contribution in [-0.4, -0.2) is 25.6 Å². The van der Waals surface area contributed by atoms with Crippen LogP contribution in [0.1, 0.15) is 12.5 Å².